The number of halogens is 1. The van der Waals surface area contributed by atoms with Gasteiger partial charge in [0.05, 0.1) is 0 Å². The van der Waals surface area contributed by atoms with Crippen LogP contribution < -0.4 is 4.74 Å². The third-order valence-electron chi connectivity index (χ3n) is 4.01. The summed E-state index contributed by atoms with van der Waals surface area (Å²) < 4.78 is 23.8. The van der Waals surface area contributed by atoms with Crippen molar-refractivity contribution in [2.75, 3.05) is 13.6 Å². The van der Waals surface area contributed by atoms with E-state index in [2.05, 4.69) is 10.1 Å². The summed E-state index contributed by atoms with van der Waals surface area (Å²) in [5, 5.41) is 3.91. The van der Waals surface area contributed by atoms with Gasteiger partial charge in [0.1, 0.15) is 11.6 Å². The fourth-order valence-electron chi connectivity index (χ4n) is 2.51. The zero-order valence-electron chi connectivity index (χ0n) is 15.1. The third-order valence-corrected chi connectivity index (χ3v) is 4.01. The van der Waals surface area contributed by atoms with E-state index in [1.807, 2.05) is 18.2 Å². The van der Waals surface area contributed by atoms with Crippen molar-refractivity contribution >= 4 is 5.91 Å². The fraction of sp³-hybridized carbons (Fsp3) is 0.250. The van der Waals surface area contributed by atoms with Crippen LogP contribution in [-0.2, 0) is 11.2 Å². The highest BCUT2D eigenvalue weighted by atomic mass is 19.1. The number of nitrogens with zero attached hydrogens (tertiary/aromatic N) is 3. The number of carbonyl (C=O) groups is 1. The molecular formula is C20H20FN3O3. The Bertz CT molecular complexity index is 881. The highest BCUT2D eigenvalue weighted by molar-refractivity contribution is 5.80. The van der Waals surface area contributed by atoms with Gasteiger partial charge in [0.25, 0.3) is 11.8 Å². The maximum absolute atomic E-state index is 13.0. The lowest BCUT2D eigenvalue weighted by Crippen LogP contribution is -2.39. The maximum Gasteiger partial charge on any atom is 0.263 e. The summed E-state index contributed by atoms with van der Waals surface area (Å²) in [5.41, 5.74) is 0.643. The first kappa shape index (κ1) is 18.6. The normalized spacial score (nSPS) is 11.8. The van der Waals surface area contributed by atoms with Crippen molar-refractivity contribution in [3.8, 4) is 17.2 Å². The predicted octanol–water partition coefficient (Wildman–Crippen LogP) is 3.34. The number of para-hydroxylation sites is 1. The number of aromatic nitrogens is 2. The molecule has 1 aromatic heterocycles. The highest BCUT2D eigenvalue weighted by Gasteiger charge is 2.20. The van der Waals surface area contributed by atoms with E-state index in [9.17, 15) is 9.18 Å². The van der Waals surface area contributed by atoms with Crippen molar-refractivity contribution in [2.24, 2.45) is 0 Å². The number of ether oxygens (including phenoxy) is 1. The first-order valence-electron chi connectivity index (χ1n) is 8.58. The van der Waals surface area contributed by atoms with Crippen LogP contribution in [0.3, 0.4) is 0 Å². The Morgan fingerprint density at radius 2 is 1.89 bits per heavy atom. The van der Waals surface area contributed by atoms with Gasteiger partial charge in [0.2, 0.25) is 0 Å². The summed E-state index contributed by atoms with van der Waals surface area (Å²) >= 11 is 0. The van der Waals surface area contributed by atoms with Crippen molar-refractivity contribution in [1.82, 2.24) is 15.0 Å². The molecule has 3 rings (SSSR count). The van der Waals surface area contributed by atoms with E-state index in [4.69, 9.17) is 9.26 Å². The van der Waals surface area contributed by atoms with E-state index in [1.165, 1.54) is 12.1 Å². The standard InChI is InChI=1S/C20H20FN3O3/c1-14(26-17-6-4-3-5-7-17)20(25)24(2)13-12-18-22-19(27-23-18)15-8-10-16(21)11-9-15/h3-11,14H,12-13H2,1-2H3/t14-/m0/s1. The maximum atomic E-state index is 13.0. The SMILES string of the molecule is C[C@H](Oc1ccccc1)C(=O)N(C)CCc1noc(-c2ccc(F)cc2)n1. The molecule has 0 radical (unpaired) electrons. The van der Waals surface area contributed by atoms with E-state index >= 15 is 0 Å². The predicted molar refractivity (Wildman–Crippen MR) is 97.6 cm³/mol. The Hall–Kier alpha value is -3.22. The van der Waals surface area contributed by atoms with Gasteiger partial charge in [0, 0.05) is 25.6 Å². The largest absolute Gasteiger partial charge is 0.481 e. The molecule has 140 valence electrons. The number of hydrogen-bond donors (Lipinski definition) is 0. The number of rotatable bonds is 7. The van der Waals surface area contributed by atoms with Gasteiger partial charge >= 0.3 is 0 Å². The molecular weight excluding hydrogens is 349 g/mol. The van der Waals surface area contributed by atoms with Crippen LogP contribution >= 0.6 is 0 Å². The monoisotopic (exact) mass is 369 g/mol. The van der Waals surface area contributed by atoms with Gasteiger partial charge in [-0.2, -0.15) is 4.98 Å². The molecule has 0 saturated carbocycles. The van der Waals surface area contributed by atoms with Gasteiger partial charge in [-0.15, -0.1) is 0 Å². The molecule has 0 bridgehead atoms. The molecule has 1 amide bonds. The van der Waals surface area contributed by atoms with Gasteiger partial charge < -0.3 is 14.2 Å². The summed E-state index contributed by atoms with van der Waals surface area (Å²) in [5.74, 6) is 0.978. The minimum Gasteiger partial charge on any atom is -0.481 e. The summed E-state index contributed by atoms with van der Waals surface area (Å²) in [4.78, 5) is 18.3. The third kappa shape index (κ3) is 4.91. The van der Waals surface area contributed by atoms with Crippen molar-refractivity contribution in [1.29, 1.82) is 0 Å². The number of benzene rings is 2. The zero-order chi connectivity index (χ0) is 19.2. The molecule has 0 N–H and O–H groups in total. The second kappa shape index (κ2) is 8.44. The second-order valence-electron chi connectivity index (χ2n) is 6.11. The molecule has 0 saturated heterocycles. The number of amides is 1. The van der Waals surface area contributed by atoms with Crippen LogP contribution in [0.2, 0.25) is 0 Å². The van der Waals surface area contributed by atoms with Gasteiger partial charge in [-0.25, -0.2) is 4.39 Å². The minimum atomic E-state index is -0.600. The second-order valence-corrected chi connectivity index (χ2v) is 6.11. The molecule has 0 fully saturated rings. The Kier molecular flexibility index (Phi) is 5.80. The van der Waals surface area contributed by atoms with Gasteiger partial charge in [-0.05, 0) is 43.3 Å². The molecule has 0 unspecified atom stereocenters. The molecule has 1 heterocycles. The van der Waals surface area contributed by atoms with E-state index in [1.54, 1.807) is 43.1 Å². The molecule has 0 spiro atoms. The lowest BCUT2D eigenvalue weighted by molar-refractivity contribution is -0.136. The van der Waals surface area contributed by atoms with E-state index in [0.717, 1.165) is 0 Å². The molecule has 27 heavy (non-hydrogen) atoms. The first-order valence-corrected chi connectivity index (χ1v) is 8.58. The lowest BCUT2D eigenvalue weighted by Gasteiger charge is -2.21. The molecule has 3 aromatic rings. The number of carbonyl (C=O) groups excluding carboxylic acids is 1. The van der Waals surface area contributed by atoms with Crippen LogP contribution in [0, 0.1) is 5.82 Å². The summed E-state index contributed by atoms with van der Waals surface area (Å²) in [6.45, 7) is 2.14. The first-order chi connectivity index (χ1) is 13.0. The fourth-order valence-corrected chi connectivity index (χ4v) is 2.51. The molecule has 1 atom stereocenters. The average molecular weight is 369 g/mol. The van der Waals surface area contributed by atoms with Crippen LogP contribution in [0.25, 0.3) is 11.5 Å². The van der Waals surface area contributed by atoms with Gasteiger partial charge in [-0.1, -0.05) is 23.4 Å². The molecule has 0 aliphatic carbocycles. The summed E-state index contributed by atoms with van der Waals surface area (Å²) in [6, 6.07) is 15.0. The van der Waals surface area contributed by atoms with E-state index in [0.29, 0.717) is 36.0 Å². The average Bonchev–Trinajstić information content (AvgIpc) is 3.16. The van der Waals surface area contributed by atoms with Gasteiger partial charge in [-0.3, -0.25) is 4.79 Å². The van der Waals surface area contributed by atoms with E-state index < -0.39 is 6.10 Å². The van der Waals surface area contributed by atoms with Crippen molar-refractivity contribution < 1.29 is 18.4 Å². The highest BCUT2D eigenvalue weighted by Crippen LogP contribution is 2.17. The molecule has 2 aromatic carbocycles. The van der Waals surface area contributed by atoms with Crippen molar-refractivity contribution in [2.45, 2.75) is 19.4 Å². The Balaban J connectivity index is 1.53. The van der Waals surface area contributed by atoms with Crippen LogP contribution in [0.15, 0.2) is 59.1 Å². The van der Waals surface area contributed by atoms with Crippen molar-refractivity contribution in [3.05, 3.63) is 66.2 Å². The minimum absolute atomic E-state index is 0.138. The Labute approximate surface area is 156 Å². The number of likely N-dealkylation sites (N-methyl/N-ethyl adjacent to an activating group) is 1. The topological polar surface area (TPSA) is 68.5 Å². The van der Waals surface area contributed by atoms with Crippen LogP contribution in [0.4, 0.5) is 4.39 Å². The van der Waals surface area contributed by atoms with Crippen LogP contribution in [0.1, 0.15) is 12.7 Å². The number of hydrogen-bond acceptors (Lipinski definition) is 5. The van der Waals surface area contributed by atoms with Crippen LogP contribution in [0.5, 0.6) is 5.75 Å². The lowest BCUT2D eigenvalue weighted by atomic mass is 10.2. The molecule has 0 aliphatic heterocycles. The van der Waals surface area contributed by atoms with E-state index in [-0.39, 0.29) is 11.7 Å². The smallest absolute Gasteiger partial charge is 0.263 e. The van der Waals surface area contributed by atoms with Crippen molar-refractivity contribution in [3.63, 3.8) is 0 Å². The molecule has 0 aliphatic rings. The quantitative estimate of drug-likeness (QED) is 0.639. The summed E-state index contributed by atoms with van der Waals surface area (Å²) in [7, 11) is 1.70. The Morgan fingerprint density at radius 1 is 1.19 bits per heavy atom. The summed E-state index contributed by atoms with van der Waals surface area (Å²) in [6.07, 6.45) is -0.164. The molecule has 6 nitrogen and oxygen atoms in total. The van der Waals surface area contributed by atoms with Crippen LogP contribution in [-0.4, -0.2) is 40.6 Å². The molecule has 7 heteroatoms. The van der Waals surface area contributed by atoms with Gasteiger partial charge in [0.15, 0.2) is 11.9 Å². The Morgan fingerprint density at radius 3 is 2.59 bits per heavy atom. The zero-order valence-corrected chi connectivity index (χ0v) is 15.1.